The van der Waals surface area contributed by atoms with E-state index in [9.17, 15) is 4.79 Å². The van der Waals surface area contributed by atoms with Crippen LogP contribution in [0.25, 0.3) is 0 Å². The molecule has 0 aromatic carbocycles. The van der Waals surface area contributed by atoms with E-state index >= 15 is 0 Å². The predicted molar refractivity (Wildman–Crippen MR) is 76.3 cm³/mol. The number of hydrogen-bond acceptors (Lipinski definition) is 3. The highest BCUT2D eigenvalue weighted by Gasteiger charge is 2.26. The first kappa shape index (κ1) is 14.8. The maximum atomic E-state index is 11.0. The van der Waals surface area contributed by atoms with Crippen molar-refractivity contribution >= 4 is 5.97 Å². The van der Waals surface area contributed by atoms with Crippen LogP contribution in [0.15, 0.2) is 0 Å². The predicted octanol–water partition coefficient (Wildman–Crippen LogP) is 2.10. The van der Waals surface area contributed by atoms with Gasteiger partial charge in [0.25, 0.3) is 0 Å². The van der Waals surface area contributed by atoms with Crippen LogP contribution >= 0.6 is 0 Å². The van der Waals surface area contributed by atoms with Crippen LogP contribution in [0, 0.1) is 5.92 Å². The number of nitrogens with one attached hydrogen (secondary N) is 1. The van der Waals surface area contributed by atoms with Crippen molar-refractivity contribution in [2.75, 3.05) is 26.2 Å². The van der Waals surface area contributed by atoms with Crippen molar-refractivity contribution in [2.24, 2.45) is 5.92 Å². The lowest BCUT2D eigenvalue weighted by molar-refractivity contribution is -0.143. The molecule has 0 amide bonds. The summed E-state index contributed by atoms with van der Waals surface area (Å²) in [5, 5.41) is 12.6. The van der Waals surface area contributed by atoms with Gasteiger partial charge < -0.3 is 15.3 Å². The number of rotatable bonds is 5. The first-order valence-electron chi connectivity index (χ1n) is 7.94. The largest absolute Gasteiger partial charge is 0.481 e. The van der Waals surface area contributed by atoms with Gasteiger partial charge in [-0.15, -0.1) is 0 Å². The van der Waals surface area contributed by atoms with E-state index in [4.69, 9.17) is 5.11 Å². The first-order valence-corrected chi connectivity index (χ1v) is 7.94. The zero-order valence-electron chi connectivity index (χ0n) is 11.9. The summed E-state index contributed by atoms with van der Waals surface area (Å²) in [5.41, 5.74) is 0. The zero-order chi connectivity index (χ0) is 13.5. The standard InChI is InChI=1S/C15H28N2O2/c18-15(19)13-6-5-7-14(12-13)16-8-11-17-9-3-1-2-4-10-17/h13-14,16H,1-12H2,(H,18,19). The summed E-state index contributed by atoms with van der Waals surface area (Å²) in [4.78, 5) is 13.6. The minimum Gasteiger partial charge on any atom is -0.481 e. The molecule has 1 heterocycles. The summed E-state index contributed by atoms with van der Waals surface area (Å²) in [6.45, 7) is 4.61. The van der Waals surface area contributed by atoms with E-state index < -0.39 is 5.97 Å². The van der Waals surface area contributed by atoms with Gasteiger partial charge in [-0.25, -0.2) is 0 Å². The van der Waals surface area contributed by atoms with Gasteiger partial charge in [-0.3, -0.25) is 4.79 Å². The molecule has 1 saturated carbocycles. The average Bonchev–Trinajstić information content (AvgIpc) is 2.68. The highest BCUT2D eigenvalue weighted by atomic mass is 16.4. The lowest BCUT2D eigenvalue weighted by Gasteiger charge is -2.28. The number of carboxylic acids is 1. The topological polar surface area (TPSA) is 52.6 Å². The highest BCUT2D eigenvalue weighted by molar-refractivity contribution is 5.70. The van der Waals surface area contributed by atoms with Gasteiger partial charge in [0, 0.05) is 19.1 Å². The summed E-state index contributed by atoms with van der Waals surface area (Å²) >= 11 is 0. The van der Waals surface area contributed by atoms with E-state index in [-0.39, 0.29) is 5.92 Å². The summed E-state index contributed by atoms with van der Waals surface area (Å²) in [7, 11) is 0. The maximum Gasteiger partial charge on any atom is 0.306 e. The molecule has 2 rings (SSSR count). The van der Waals surface area contributed by atoms with E-state index in [1.165, 1.54) is 38.8 Å². The van der Waals surface area contributed by atoms with Gasteiger partial charge in [-0.1, -0.05) is 19.3 Å². The van der Waals surface area contributed by atoms with Crippen molar-refractivity contribution in [3.8, 4) is 0 Å². The van der Waals surface area contributed by atoms with Gasteiger partial charge in [-0.2, -0.15) is 0 Å². The molecular weight excluding hydrogens is 240 g/mol. The van der Waals surface area contributed by atoms with Crippen LogP contribution in [0.5, 0.6) is 0 Å². The maximum absolute atomic E-state index is 11.0. The molecule has 0 aromatic rings. The lowest BCUT2D eigenvalue weighted by Crippen LogP contribution is -2.40. The van der Waals surface area contributed by atoms with Gasteiger partial charge in [0.15, 0.2) is 0 Å². The second-order valence-electron chi connectivity index (χ2n) is 6.11. The molecule has 1 aliphatic heterocycles. The quantitative estimate of drug-likeness (QED) is 0.802. The summed E-state index contributed by atoms with van der Waals surface area (Å²) in [6.07, 6.45) is 9.31. The molecular formula is C15H28N2O2. The van der Waals surface area contributed by atoms with Gasteiger partial charge in [0.2, 0.25) is 0 Å². The van der Waals surface area contributed by atoms with E-state index in [0.29, 0.717) is 6.04 Å². The minimum atomic E-state index is -0.612. The van der Waals surface area contributed by atoms with Crippen molar-refractivity contribution in [1.82, 2.24) is 10.2 Å². The van der Waals surface area contributed by atoms with Crippen LogP contribution < -0.4 is 5.32 Å². The molecule has 1 saturated heterocycles. The van der Waals surface area contributed by atoms with E-state index in [1.807, 2.05) is 0 Å². The molecule has 2 unspecified atom stereocenters. The Labute approximate surface area is 116 Å². The van der Waals surface area contributed by atoms with Crippen LogP contribution in [0.3, 0.4) is 0 Å². The smallest absolute Gasteiger partial charge is 0.306 e. The third kappa shape index (κ3) is 5.11. The fourth-order valence-corrected chi connectivity index (χ4v) is 3.39. The van der Waals surface area contributed by atoms with Crippen LogP contribution in [-0.4, -0.2) is 48.2 Å². The fraction of sp³-hybridized carbons (Fsp3) is 0.933. The van der Waals surface area contributed by atoms with Crippen LogP contribution in [0.2, 0.25) is 0 Å². The summed E-state index contributed by atoms with van der Waals surface area (Å²) in [6, 6.07) is 0.418. The number of aliphatic carboxylic acids is 1. The molecule has 2 fully saturated rings. The monoisotopic (exact) mass is 268 g/mol. The normalized spacial score (nSPS) is 29.9. The fourth-order valence-electron chi connectivity index (χ4n) is 3.39. The van der Waals surface area contributed by atoms with Crippen molar-refractivity contribution in [1.29, 1.82) is 0 Å². The van der Waals surface area contributed by atoms with Gasteiger partial charge in [0.05, 0.1) is 5.92 Å². The van der Waals surface area contributed by atoms with E-state index in [1.54, 1.807) is 0 Å². The molecule has 4 nitrogen and oxygen atoms in total. The third-order valence-corrected chi connectivity index (χ3v) is 4.58. The Balaban J connectivity index is 1.63. The summed E-state index contributed by atoms with van der Waals surface area (Å²) in [5.74, 6) is -0.733. The molecule has 0 radical (unpaired) electrons. The Kier molecular flexibility index (Phi) is 6.11. The zero-order valence-corrected chi connectivity index (χ0v) is 11.9. The van der Waals surface area contributed by atoms with E-state index in [2.05, 4.69) is 10.2 Å². The molecule has 2 aliphatic rings. The Bertz CT molecular complexity index is 275. The second kappa shape index (κ2) is 7.85. The average molecular weight is 268 g/mol. The number of likely N-dealkylation sites (tertiary alicyclic amines) is 1. The molecule has 2 N–H and O–H groups in total. The van der Waals surface area contributed by atoms with Crippen LogP contribution in [0.4, 0.5) is 0 Å². The summed E-state index contributed by atoms with van der Waals surface area (Å²) < 4.78 is 0. The van der Waals surface area contributed by atoms with E-state index in [0.717, 1.165) is 38.8 Å². The number of hydrogen-bond donors (Lipinski definition) is 2. The number of nitrogens with zero attached hydrogens (tertiary/aromatic N) is 1. The SMILES string of the molecule is O=C(O)C1CCCC(NCCN2CCCCCC2)C1. The Hall–Kier alpha value is -0.610. The Morgan fingerprint density at radius 1 is 1.11 bits per heavy atom. The van der Waals surface area contributed by atoms with Crippen molar-refractivity contribution in [2.45, 2.75) is 57.4 Å². The Morgan fingerprint density at radius 2 is 1.84 bits per heavy atom. The molecule has 4 heteroatoms. The lowest BCUT2D eigenvalue weighted by atomic mass is 9.86. The molecule has 0 spiro atoms. The molecule has 1 aliphatic carbocycles. The van der Waals surface area contributed by atoms with Crippen molar-refractivity contribution < 1.29 is 9.90 Å². The molecule has 110 valence electrons. The Morgan fingerprint density at radius 3 is 2.53 bits per heavy atom. The van der Waals surface area contributed by atoms with Gasteiger partial charge in [0.1, 0.15) is 0 Å². The van der Waals surface area contributed by atoms with Crippen molar-refractivity contribution in [3.05, 3.63) is 0 Å². The van der Waals surface area contributed by atoms with Crippen molar-refractivity contribution in [3.63, 3.8) is 0 Å². The van der Waals surface area contributed by atoms with Gasteiger partial charge in [-0.05, 0) is 45.2 Å². The number of carbonyl (C=O) groups is 1. The molecule has 19 heavy (non-hydrogen) atoms. The molecule has 2 atom stereocenters. The molecule has 0 aromatic heterocycles. The third-order valence-electron chi connectivity index (χ3n) is 4.58. The van der Waals surface area contributed by atoms with Crippen LogP contribution in [0.1, 0.15) is 51.4 Å². The van der Waals surface area contributed by atoms with Gasteiger partial charge >= 0.3 is 5.97 Å². The first-order chi connectivity index (χ1) is 9.25. The second-order valence-corrected chi connectivity index (χ2v) is 6.11. The molecule has 0 bridgehead atoms. The highest BCUT2D eigenvalue weighted by Crippen LogP contribution is 2.24. The van der Waals surface area contributed by atoms with Crippen LogP contribution in [-0.2, 0) is 4.79 Å². The minimum absolute atomic E-state index is 0.121. The number of carboxylic acid groups (broad SMARTS) is 1.